The second-order valence-corrected chi connectivity index (χ2v) is 25.7. The number of primary amides is 1. The molecule has 22 N–H and O–H groups in total. The molecule has 102 heavy (non-hydrogen) atoms. The van der Waals surface area contributed by atoms with Gasteiger partial charge in [-0.25, -0.2) is 0 Å². The summed E-state index contributed by atoms with van der Waals surface area (Å²) in [6.45, 7) is 2.94. The number of nitrogens with one attached hydrogen (secondary N) is 10. The van der Waals surface area contributed by atoms with Crippen LogP contribution in [0.15, 0.2) is 140 Å². The second kappa shape index (κ2) is 35.0. The minimum atomic E-state index is -1.85. The average Bonchev–Trinajstić information content (AvgIpc) is 1.21. The van der Waals surface area contributed by atoms with Crippen LogP contribution in [0, 0.1) is 5.92 Å². The summed E-state index contributed by atoms with van der Waals surface area (Å²) in [7, 11) is 0. The highest BCUT2D eigenvalue weighted by Gasteiger charge is 2.45. The highest BCUT2D eigenvalue weighted by atomic mass is 16.7. The van der Waals surface area contributed by atoms with E-state index in [4.69, 9.17) is 26.7 Å². The Balaban J connectivity index is 0.957. The lowest BCUT2D eigenvalue weighted by molar-refractivity contribution is -0.277. The maximum absolute atomic E-state index is 15.2. The molecule has 1 aliphatic rings. The van der Waals surface area contributed by atoms with Crippen LogP contribution in [0.3, 0.4) is 0 Å². The molecular formula is C72H87N13O17. The zero-order valence-electron chi connectivity index (χ0n) is 56.0. The number of para-hydroxylation sites is 3. The molecule has 4 heterocycles. The summed E-state index contributed by atoms with van der Waals surface area (Å²) in [5, 5.41) is 81.7. The average molecular weight is 1410 g/mol. The van der Waals surface area contributed by atoms with Gasteiger partial charge in [0.2, 0.25) is 53.5 Å². The number of aromatic nitrogens is 3. The fourth-order valence-corrected chi connectivity index (χ4v) is 12.2. The van der Waals surface area contributed by atoms with Crippen LogP contribution in [0.2, 0.25) is 0 Å². The molecule has 13 atom stereocenters. The first kappa shape index (κ1) is 75.5. The van der Waals surface area contributed by atoms with Gasteiger partial charge in [0.1, 0.15) is 78.2 Å². The molecule has 8 aromatic rings. The van der Waals surface area contributed by atoms with Gasteiger partial charge in [-0.15, -0.1) is 0 Å². The van der Waals surface area contributed by atoms with Gasteiger partial charge < -0.3 is 109 Å². The van der Waals surface area contributed by atoms with E-state index in [-0.39, 0.29) is 50.0 Å². The van der Waals surface area contributed by atoms with Crippen LogP contribution in [-0.4, -0.2) is 191 Å². The number of hydrogen-bond donors (Lipinski definition) is 19. The number of aromatic amines is 3. The van der Waals surface area contributed by atoms with Crippen molar-refractivity contribution in [1.82, 2.24) is 52.2 Å². The third-order valence-electron chi connectivity index (χ3n) is 17.9. The molecule has 1 fully saturated rings. The third kappa shape index (κ3) is 19.6. The molecule has 30 heteroatoms. The van der Waals surface area contributed by atoms with E-state index in [0.717, 1.165) is 21.8 Å². The summed E-state index contributed by atoms with van der Waals surface area (Å²) in [5.41, 5.74) is 22.6. The molecular weight excluding hydrogens is 1320 g/mol. The molecule has 0 bridgehead atoms. The number of carboxylic acids is 1. The molecule has 1 unspecified atom stereocenters. The number of carbonyl (C=O) groups excluding carboxylic acids is 8. The van der Waals surface area contributed by atoms with E-state index in [9.17, 15) is 54.6 Å². The van der Waals surface area contributed by atoms with Gasteiger partial charge in [0.15, 0.2) is 0 Å². The fraction of sp³-hybridized carbons (Fsp3) is 0.375. The molecule has 0 saturated carbocycles. The standard InChI is InChI=1S/C72H87N13O17/c1-37(2)60(71(100)84-55(30-41-34-77-50-15-7-4-12-46(41)50)68(97)82-54(29-40-33-76-49-14-6-3-11-45(40)49)67(96)79-52(64(75)93)17-9-10-26-73)85-70(99)56(31-42-35-78-51-16-8-5-13-47(42)51)83-66(95)53(28-39-18-22-43(87)23-19-39)81-69(98)57(32-59(88)89)80-65(94)48(74)27-38-20-24-44(25-21-38)101-72-63(92)62(91)61(90)58(36-86)102-72/h3-8,11-16,18-25,33-35,37,48,52-58,60-63,72,76-78,86-87,90-92H,9-10,17,26-32,36,73-74H2,1-2H3,(H2,75,93)(H,79,96)(H,80,94)(H,81,98)(H,82,97)(H,83,95)(H,84,100)(H,85,99)(H,88,89)/t48-,52-,53-,54+,55+,56+,57-,58+,60-,61+,62-,63+,72?/m0/s1. The lowest BCUT2D eigenvalue weighted by Gasteiger charge is -2.39. The van der Waals surface area contributed by atoms with Crippen LogP contribution >= 0.6 is 0 Å². The molecule has 1 aliphatic heterocycles. The molecule has 1 saturated heterocycles. The van der Waals surface area contributed by atoms with Crippen LogP contribution in [-0.2, 0) is 80.0 Å². The normalized spacial score (nSPS) is 18.3. The maximum atomic E-state index is 15.2. The number of aliphatic carboxylic acids is 1. The predicted molar refractivity (Wildman–Crippen MR) is 373 cm³/mol. The van der Waals surface area contributed by atoms with Crippen LogP contribution in [0.1, 0.15) is 67.3 Å². The summed E-state index contributed by atoms with van der Waals surface area (Å²) in [4.78, 5) is 138. The summed E-state index contributed by atoms with van der Waals surface area (Å²) in [6.07, 6.45) is -3.45. The second-order valence-electron chi connectivity index (χ2n) is 25.7. The number of phenolic OH excluding ortho intramolecular Hbond substituents is 1. The number of H-pyrrole nitrogens is 3. The SMILES string of the molecule is CC(C)[C@H](NC(=O)[C@@H](Cc1c[nH]c2ccccc12)NC(=O)[C@H](Cc1ccc(O)cc1)NC(=O)[C@H](CC(=O)O)NC(=O)[C@@H](N)Cc1ccc(OC2O[C@H](CO)[C@@H](O)[C@H](O)[C@H]2O)cc1)C(=O)N[C@H](Cc1c[nH]c2ccccc12)C(=O)N[C@H](Cc1c[nH]c2ccccc12)C(=O)N[C@@H](CCCCN)C(N)=O. The Morgan fingerprint density at radius 3 is 1.39 bits per heavy atom. The van der Waals surface area contributed by atoms with Crippen LogP contribution < -0.4 is 59.2 Å². The van der Waals surface area contributed by atoms with Crippen molar-refractivity contribution in [3.8, 4) is 11.5 Å². The summed E-state index contributed by atoms with van der Waals surface area (Å²) < 4.78 is 11.1. The zero-order valence-corrected chi connectivity index (χ0v) is 56.0. The first-order valence-corrected chi connectivity index (χ1v) is 33.5. The van der Waals surface area contributed by atoms with Gasteiger partial charge in [0.05, 0.1) is 19.1 Å². The molecule has 5 aromatic carbocycles. The molecule has 0 spiro atoms. The van der Waals surface area contributed by atoms with Crippen molar-refractivity contribution in [2.24, 2.45) is 23.1 Å². The Morgan fingerprint density at radius 2 is 0.931 bits per heavy atom. The van der Waals surface area contributed by atoms with Gasteiger partial charge in [0.25, 0.3) is 0 Å². The quantitative estimate of drug-likeness (QED) is 0.0232. The Morgan fingerprint density at radius 1 is 0.510 bits per heavy atom. The van der Waals surface area contributed by atoms with E-state index in [1.54, 1.807) is 62.8 Å². The highest BCUT2D eigenvalue weighted by molar-refractivity contribution is 6.00. The van der Waals surface area contributed by atoms with E-state index >= 15 is 19.2 Å². The molecule has 542 valence electrons. The van der Waals surface area contributed by atoms with Crippen molar-refractivity contribution in [2.75, 3.05) is 13.2 Å². The van der Waals surface area contributed by atoms with Gasteiger partial charge >= 0.3 is 5.97 Å². The number of carbonyl (C=O) groups is 9. The maximum Gasteiger partial charge on any atom is 0.305 e. The number of fused-ring (bicyclic) bond motifs is 3. The monoisotopic (exact) mass is 1410 g/mol. The van der Waals surface area contributed by atoms with Crippen molar-refractivity contribution in [3.63, 3.8) is 0 Å². The summed E-state index contributed by atoms with van der Waals surface area (Å²) in [6, 6.07) is 21.4. The number of carboxylic acid groups (broad SMARTS) is 1. The van der Waals surface area contributed by atoms with E-state index in [1.165, 1.54) is 48.5 Å². The number of rotatable bonds is 35. The van der Waals surface area contributed by atoms with Gasteiger partial charge in [-0.05, 0) is 108 Å². The number of amides is 8. The van der Waals surface area contributed by atoms with Crippen LogP contribution in [0.5, 0.6) is 11.5 Å². The Bertz CT molecular complexity index is 4230. The van der Waals surface area contributed by atoms with Gasteiger partial charge in [0, 0.05) is 77.0 Å². The Hall–Kier alpha value is -10.7. The Labute approximate surface area is 585 Å². The summed E-state index contributed by atoms with van der Waals surface area (Å²) in [5.74, 6) is -9.46. The van der Waals surface area contributed by atoms with Crippen LogP contribution in [0.25, 0.3) is 32.7 Å². The molecule has 0 aliphatic carbocycles. The van der Waals surface area contributed by atoms with Crippen molar-refractivity contribution in [1.29, 1.82) is 0 Å². The summed E-state index contributed by atoms with van der Waals surface area (Å²) >= 11 is 0. The van der Waals surface area contributed by atoms with Crippen molar-refractivity contribution < 1.29 is 83.3 Å². The first-order valence-electron chi connectivity index (χ1n) is 33.5. The molecule has 30 nitrogen and oxygen atoms in total. The minimum absolute atomic E-state index is 0.0785. The third-order valence-corrected chi connectivity index (χ3v) is 17.9. The zero-order chi connectivity index (χ0) is 73.3. The predicted octanol–water partition coefficient (Wildman–Crippen LogP) is -0.00600. The van der Waals surface area contributed by atoms with E-state index in [0.29, 0.717) is 58.1 Å². The number of ether oxygens (including phenoxy) is 2. The number of nitrogens with two attached hydrogens (primary N) is 3. The molecule has 3 aromatic heterocycles. The van der Waals surface area contributed by atoms with E-state index in [1.807, 2.05) is 42.5 Å². The van der Waals surface area contributed by atoms with E-state index < -0.39 is 151 Å². The van der Waals surface area contributed by atoms with Crippen molar-refractivity contribution >= 4 is 85.9 Å². The number of aromatic hydroxyl groups is 1. The van der Waals surface area contributed by atoms with Gasteiger partial charge in [-0.1, -0.05) is 92.7 Å². The minimum Gasteiger partial charge on any atom is -0.508 e. The van der Waals surface area contributed by atoms with Gasteiger partial charge in [-0.3, -0.25) is 43.2 Å². The number of aliphatic hydroxyl groups is 4. The number of benzene rings is 5. The lowest BCUT2D eigenvalue weighted by Crippen LogP contribution is -2.62. The van der Waals surface area contributed by atoms with Crippen molar-refractivity contribution in [3.05, 3.63) is 168 Å². The first-order chi connectivity index (χ1) is 48.9. The number of unbranched alkanes of at least 4 members (excludes halogenated alkanes) is 1. The molecule has 9 rings (SSSR count). The molecule has 0 radical (unpaired) electrons. The fourth-order valence-electron chi connectivity index (χ4n) is 12.2. The topological polar surface area (TPSA) is 503 Å². The van der Waals surface area contributed by atoms with E-state index in [2.05, 4.69) is 52.2 Å². The number of phenols is 1. The smallest absolute Gasteiger partial charge is 0.305 e. The highest BCUT2D eigenvalue weighted by Crippen LogP contribution is 2.27. The Kier molecular flexibility index (Phi) is 25.9. The number of hydrogen-bond acceptors (Lipinski definition) is 18. The molecule has 8 amide bonds. The lowest BCUT2D eigenvalue weighted by atomic mass is 9.98. The van der Waals surface area contributed by atoms with Crippen molar-refractivity contribution in [2.45, 2.75) is 151 Å². The van der Waals surface area contributed by atoms with Crippen LogP contribution in [0.4, 0.5) is 0 Å². The largest absolute Gasteiger partial charge is 0.508 e. The van der Waals surface area contributed by atoms with Gasteiger partial charge in [-0.2, -0.15) is 0 Å². The number of aliphatic hydroxyl groups excluding tert-OH is 4.